The lowest BCUT2D eigenvalue weighted by Gasteiger charge is -2.33. The number of benzene rings is 1. The summed E-state index contributed by atoms with van der Waals surface area (Å²) in [6, 6.07) is 2.02. The van der Waals surface area contributed by atoms with Gasteiger partial charge in [0.15, 0.2) is 0 Å². The van der Waals surface area contributed by atoms with Crippen LogP contribution in [0.1, 0.15) is 39.2 Å². The molecule has 1 aromatic rings. The summed E-state index contributed by atoms with van der Waals surface area (Å²) in [5.74, 6) is -4.26. The molecular weight excluding hydrogens is 360 g/mol. The van der Waals surface area contributed by atoms with Crippen molar-refractivity contribution >= 4 is 12.1 Å². The standard InChI is InChI=1S/C19H25F2NO5/c1-19(2,3)27-18(26)22-6-4-5-15(22)16(23)14(17(24)25)9-11-7-12(20)10-13(21)8-11/h7-8,10,14-16,23H,4-6,9H2,1-3H3,(H,24,25)/t14-,15-,16-/m0/s1. The van der Waals surface area contributed by atoms with Crippen LogP contribution in [0, 0.1) is 17.6 Å². The Labute approximate surface area is 156 Å². The molecule has 8 heteroatoms. The van der Waals surface area contributed by atoms with Crippen molar-refractivity contribution in [2.45, 2.75) is 57.8 Å². The number of aliphatic hydroxyl groups is 1. The van der Waals surface area contributed by atoms with Gasteiger partial charge < -0.3 is 19.8 Å². The molecular formula is C19H25F2NO5. The van der Waals surface area contributed by atoms with E-state index < -0.39 is 47.4 Å². The Morgan fingerprint density at radius 1 is 1.26 bits per heavy atom. The molecule has 1 saturated heterocycles. The fourth-order valence-corrected chi connectivity index (χ4v) is 3.30. The minimum Gasteiger partial charge on any atom is -0.481 e. The number of hydrogen-bond acceptors (Lipinski definition) is 4. The van der Waals surface area contributed by atoms with Gasteiger partial charge in [-0.2, -0.15) is 0 Å². The molecule has 0 bridgehead atoms. The van der Waals surface area contributed by atoms with E-state index in [9.17, 15) is 28.6 Å². The number of likely N-dealkylation sites (tertiary alicyclic amines) is 1. The summed E-state index contributed by atoms with van der Waals surface area (Å²) in [6.07, 6.45) is -1.26. The molecule has 150 valence electrons. The van der Waals surface area contributed by atoms with Crippen molar-refractivity contribution in [2.24, 2.45) is 5.92 Å². The third-order valence-corrected chi connectivity index (χ3v) is 4.43. The number of rotatable bonds is 5. The summed E-state index contributed by atoms with van der Waals surface area (Å²) < 4.78 is 32.1. The van der Waals surface area contributed by atoms with Gasteiger partial charge in [-0.05, 0) is 57.7 Å². The zero-order valence-electron chi connectivity index (χ0n) is 15.6. The first-order valence-corrected chi connectivity index (χ1v) is 8.83. The normalized spacial score (nSPS) is 19.6. The number of carboxylic acid groups (broad SMARTS) is 1. The Morgan fingerprint density at radius 2 is 1.85 bits per heavy atom. The van der Waals surface area contributed by atoms with Crippen molar-refractivity contribution < 1.29 is 33.3 Å². The predicted octanol–water partition coefficient (Wildman–Crippen LogP) is 2.97. The predicted molar refractivity (Wildman–Crippen MR) is 93.2 cm³/mol. The number of carbonyl (C=O) groups is 2. The molecule has 0 saturated carbocycles. The van der Waals surface area contributed by atoms with Gasteiger partial charge in [-0.25, -0.2) is 13.6 Å². The molecule has 1 amide bonds. The largest absolute Gasteiger partial charge is 0.481 e. The van der Waals surface area contributed by atoms with E-state index in [0.29, 0.717) is 25.5 Å². The summed E-state index contributed by atoms with van der Waals surface area (Å²) >= 11 is 0. The van der Waals surface area contributed by atoms with E-state index in [0.717, 1.165) is 12.1 Å². The van der Waals surface area contributed by atoms with Gasteiger partial charge >= 0.3 is 12.1 Å². The second-order valence-corrected chi connectivity index (χ2v) is 7.80. The summed E-state index contributed by atoms with van der Waals surface area (Å²) in [4.78, 5) is 25.4. The van der Waals surface area contributed by atoms with E-state index in [1.165, 1.54) is 4.90 Å². The van der Waals surface area contributed by atoms with Gasteiger partial charge in [0.25, 0.3) is 0 Å². The van der Waals surface area contributed by atoms with Crippen LogP contribution in [0.5, 0.6) is 0 Å². The van der Waals surface area contributed by atoms with Crippen molar-refractivity contribution in [3.05, 3.63) is 35.4 Å². The van der Waals surface area contributed by atoms with E-state index in [-0.39, 0.29) is 12.0 Å². The average molecular weight is 385 g/mol. The van der Waals surface area contributed by atoms with Crippen molar-refractivity contribution in [3.8, 4) is 0 Å². The molecule has 1 heterocycles. The molecule has 0 unspecified atom stereocenters. The van der Waals surface area contributed by atoms with E-state index in [2.05, 4.69) is 0 Å². The number of carboxylic acids is 1. The van der Waals surface area contributed by atoms with Crippen LogP contribution in [-0.2, 0) is 16.0 Å². The molecule has 0 aromatic heterocycles. The van der Waals surface area contributed by atoms with E-state index in [1.807, 2.05) is 0 Å². The quantitative estimate of drug-likeness (QED) is 0.814. The van der Waals surface area contributed by atoms with Crippen LogP contribution in [0.15, 0.2) is 18.2 Å². The maximum absolute atomic E-state index is 13.4. The highest BCUT2D eigenvalue weighted by Gasteiger charge is 2.41. The minimum absolute atomic E-state index is 0.126. The maximum atomic E-state index is 13.4. The van der Waals surface area contributed by atoms with Gasteiger partial charge in [-0.1, -0.05) is 0 Å². The summed E-state index contributed by atoms with van der Waals surface area (Å²) in [5.41, 5.74) is -0.596. The number of aliphatic carboxylic acids is 1. The SMILES string of the molecule is CC(C)(C)OC(=O)N1CCC[C@H]1[C@@H](O)[C@H](Cc1cc(F)cc(F)c1)C(=O)O. The molecule has 1 aromatic carbocycles. The lowest BCUT2D eigenvalue weighted by atomic mass is 9.89. The molecule has 1 aliphatic heterocycles. The fraction of sp³-hybridized carbons (Fsp3) is 0.579. The summed E-state index contributed by atoms with van der Waals surface area (Å²) in [7, 11) is 0. The number of carbonyl (C=O) groups excluding carboxylic acids is 1. The van der Waals surface area contributed by atoms with E-state index >= 15 is 0 Å². The molecule has 1 fully saturated rings. The zero-order valence-corrected chi connectivity index (χ0v) is 15.6. The first-order valence-electron chi connectivity index (χ1n) is 8.83. The monoisotopic (exact) mass is 385 g/mol. The smallest absolute Gasteiger partial charge is 0.410 e. The molecule has 2 rings (SSSR count). The number of nitrogens with zero attached hydrogens (tertiary/aromatic N) is 1. The Balaban J connectivity index is 2.18. The minimum atomic E-state index is -1.40. The fourth-order valence-electron chi connectivity index (χ4n) is 3.30. The van der Waals surface area contributed by atoms with Gasteiger partial charge in [-0.15, -0.1) is 0 Å². The lowest BCUT2D eigenvalue weighted by molar-refractivity contribution is -0.147. The van der Waals surface area contributed by atoms with Crippen molar-refractivity contribution in [1.29, 1.82) is 0 Å². The topological polar surface area (TPSA) is 87.1 Å². The summed E-state index contributed by atoms with van der Waals surface area (Å²) in [5, 5.41) is 20.2. The van der Waals surface area contributed by atoms with Crippen LogP contribution < -0.4 is 0 Å². The number of halogens is 2. The van der Waals surface area contributed by atoms with Gasteiger partial charge in [-0.3, -0.25) is 4.79 Å². The maximum Gasteiger partial charge on any atom is 0.410 e. The lowest BCUT2D eigenvalue weighted by Crippen LogP contribution is -2.49. The number of amides is 1. The molecule has 2 N–H and O–H groups in total. The first kappa shape index (κ1) is 21.1. The summed E-state index contributed by atoms with van der Waals surface area (Å²) in [6.45, 7) is 5.48. The Bertz CT molecular complexity index is 684. The Morgan fingerprint density at radius 3 is 2.37 bits per heavy atom. The highest BCUT2D eigenvalue weighted by molar-refractivity contribution is 5.72. The van der Waals surface area contributed by atoms with Gasteiger partial charge in [0.1, 0.15) is 17.2 Å². The van der Waals surface area contributed by atoms with Crippen LogP contribution >= 0.6 is 0 Å². The zero-order chi connectivity index (χ0) is 20.4. The van der Waals surface area contributed by atoms with Crippen molar-refractivity contribution in [2.75, 3.05) is 6.54 Å². The van der Waals surface area contributed by atoms with E-state index in [1.54, 1.807) is 20.8 Å². The molecule has 0 spiro atoms. The molecule has 27 heavy (non-hydrogen) atoms. The third kappa shape index (κ3) is 5.63. The second-order valence-electron chi connectivity index (χ2n) is 7.80. The molecule has 6 nitrogen and oxygen atoms in total. The van der Waals surface area contributed by atoms with Crippen molar-refractivity contribution in [1.82, 2.24) is 4.90 Å². The van der Waals surface area contributed by atoms with Gasteiger partial charge in [0.2, 0.25) is 0 Å². The van der Waals surface area contributed by atoms with Crippen LogP contribution in [0.4, 0.5) is 13.6 Å². The molecule has 3 atom stereocenters. The Hall–Kier alpha value is -2.22. The van der Waals surface area contributed by atoms with Crippen LogP contribution in [-0.4, -0.2) is 51.5 Å². The first-order chi connectivity index (χ1) is 12.5. The molecule has 1 aliphatic rings. The van der Waals surface area contributed by atoms with Crippen molar-refractivity contribution in [3.63, 3.8) is 0 Å². The highest BCUT2D eigenvalue weighted by atomic mass is 19.1. The van der Waals surface area contributed by atoms with Gasteiger partial charge in [0, 0.05) is 12.6 Å². The van der Waals surface area contributed by atoms with Crippen LogP contribution in [0.25, 0.3) is 0 Å². The molecule has 0 aliphatic carbocycles. The number of hydrogen-bond donors (Lipinski definition) is 2. The highest BCUT2D eigenvalue weighted by Crippen LogP contribution is 2.28. The third-order valence-electron chi connectivity index (χ3n) is 4.43. The second kappa shape index (κ2) is 8.21. The number of aliphatic hydroxyl groups excluding tert-OH is 1. The van der Waals surface area contributed by atoms with Gasteiger partial charge in [0.05, 0.1) is 18.1 Å². The van der Waals surface area contributed by atoms with Crippen LogP contribution in [0.2, 0.25) is 0 Å². The average Bonchev–Trinajstić information content (AvgIpc) is 2.98. The Kier molecular flexibility index (Phi) is 6.41. The van der Waals surface area contributed by atoms with Crippen LogP contribution in [0.3, 0.4) is 0 Å². The molecule has 0 radical (unpaired) electrons. The number of ether oxygens (including phenoxy) is 1. The van der Waals surface area contributed by atoms with E-state index in [4.69, 9.17) is 4.74 Å².